The van der Waals surface area contributed by atoms with Crippen LogP contribution in [0.3, 0.4) is 0 Å². The predicted molar refractivity (Wildman–Crippen MR) is 57.4 cm³/mol. The predicted octanol–water partition coefficient (Wildman–Crippen LogP) is 3.26. The number of benzene rings is 1. The molecule has 6 heteroatoms. The highest BCUT2D eigenvalue weighted by atomic mass is 35.5. The molecule has 1 aromatic heterocycles. The van der Waals surface area contributed by atoms with Crippen molar-refractivity contribution in [1.29, 1.82) is 0 Å². The van der Waals surface area contributed by atoms with Gasteiger partial charge in [-0.2, -0.15) is 8.42 Å². The molecule has 0 aliphatic rings. The molecule has 3 nitrogen and oxygen atoms in total. The molecular weight excluding hydrogens is 255 g/mol. The van der Waals surface area contributed by atoms with E-state index in [1.807, 2.05) is 0 Å². The first-order chi connectivity index (χ1) is 7.48. The van der Waals surface area contributed by atoms with Crippen LogP contribution in [0, 0.1) is 0 Å². The Morgan fingerprint density at radius 1 is 1.25 bits per heavy atom. The molecule has 2 aromatic rings. The van der Waals surface area contributed by atoms with Crippen LogP contribution in [-0.2, 0) is 10.2 Å². The van der Waals surface area contributed by atoms with E-state index in [1.165, 1.54) is 12.1 Å². The van der Waals surface area contributed by atoms with Crippen LogP contribution in [0.4, 0.5) is 3.89 Å². The molecule has 0 bridgehead atoms. The maximum Gasteiger partial charge on any atom is 0.366 e. The molecule has 0 saturated heterocycles. The lowest BCUT2D eigenvalue weighted by Crippen LogP contribution is -1.91. The molecule has 16 heavy (non-hydrogen) atoms. The van der Waals surface area contributed by atoms with Gasteiger partial charge >= 0.3 is 10.2 Å². The van der Waals surface area contributed by atoms with E-state index in [0.29, 0.717) is 10.6 Å². The van der Waals surface area contributed by atoms with E-state index in [4.69, 9.17) is 11.6 Å². The van der Waals surface area contributed by atoms with Gasteiger partial charge in [0.05, 0.1) is 6.26 Å². The summed E-state index contributed by atoms with van der Waals surface area (Å²) in [5.74, 6) is 0. The monoisotopic (exact) mass is 260 g/mol. The fourth-order valence-electron chi connectivity index (χ4n) is 1.35. The van der Waals surface area contributed by atoms with Crippen LogP contribution >= 0.6 is 11.6 Å². The van der Waals surface area contributed by atoms with E-state index in [2.05, 4.69) is 4.42 Å². The summed E-state index contributed by atoms with van der Waals surface area (Å²) < 4.78 is 39.0. The Bertz CT molecular complexity index is 618. The van der Waals surface area contributed by atoms with Gasteiger partial charge in [-0.05, 0) is 23.8 Å². The molecule has 0 fully saturated rings. The van der Waals surface area contributed by atoms with Crippen molar-refractivity contribution in [3.05, 3.63) is 41.6 Å². The fourth-order valence-corrected chi connectivity index (χ4v) is 2.16. The number of rotatable bonds is 2. The van der Waals surface area contributed by atoms with Gasteiger partial charge in [0.15, 0.2) is 0 Å². The second kappa shape index (κ2) is 3.92. The third-order valence-electron chi connectivity index (χ3n) is 1.99. The number of halogens is 2. The van der Waals surface area contributed by atoms with E-state index < -0.39 is 15.3 Å². The zero-order chi connectivity index (χ0) is 11.8. The zero-order valence-electron chi connectivity index (χ0n) is 7.85. The van der Waals surface area contributed by atoms with Gasteiger partial charge in [-0.3, -0.25) is 0 Å². The Labute approximate surface area is 96.7 Å². The Morgan fingerprint density at radius 2 is 2.00 bits per heavy atom. The average Bonchev–Trinajstić information content (AvgIpc) is 2.65. The van der Waals surface area contributed by atoms with Crippen LogP contribution < -0.4 is 0 Å². The molecule has 0 saturated carbocycles. The highest BCUT2D eigenvalue weighted by molar-refractivity contribution is 7.86. The molecule has 84 valence electrons. The lowest BCUT2D eigenvalue weighted by Gasteiger charge is -1.99. The molecule has 0 unspecified atom stereocenters. The van der Waals surface area contributed by atoms with Crippen molar-refractivity contribution in [2.45, 2.75) is 5.09 Å². The van der Waals surface area contributed by atoms with E-state index in [0.717, 1.165) is 6.26 Å². The van der Waals surface area contributed by atoms with Crippen molar-refractivity contribution in [3.8, 4) is 11.1 Å². The summed E-state index contributed by atoms with van der Waals surface area (Å²) in [6.07, 6.45) is 1.11. The number of hydrogen-bond donors (Lipinski definition) is 0. The standard InChI is InChI=1S/C10H6ClFO3S/c11-8-3-1-2-7(6-8)9-4-5-15-10(9)16(12,13)14/h1-6H. The maximum atomic E-state index is 12.8. The van der Waals surface area contributed by atoms with Gasteiger partial charge in [0.25, 0.3) is 5.09 Å². The van der Waals surface area contributed by atoms with Crippen LogP contribution in [0.5, 0.6) is 0 Å². The van der Waals surface area contributed by atoms with Crippen LogP contribution in [0.2, 0.25) is 5.02 Å². The average molecular weight is 261 g/mol. The van der Waals surface area contributed by atoms with E-state index in [9.17, 15) is 12.3 Å². The number of furan rings is 1. The molecular formula is C10H6ClFO3S. The largest absolute Gasteiger partial charge is 0.450 e. The normalized spacial score (nSPS) is 11.6. The topological polar surface area (TPSA) is 47.3 Å². The first kappa shape index (κ1) is 11.2. The van der Waals surface area contributed by atoms with Gasteiger partial charge in [-0.1, -0.05) is 27.6 Å². The molecule has 0 N–H and O–H groups in total. The van der Waals surface area contributed by atoms with Gasteiger partial charge in [0.1, 0.15) is 0 Å². The van der Waals surface area contributed by atoms with Crippen molar-refractivity contribution < 1.29 is 16.7 Å². The highest BCUT2D eigenvalue weighted by Crippen LogP contribution is 2.30. The Kier molecular flexibility index (Phi) is 2.73. The van der Waals surface area contributed by atoms with Gasteiger partial charge in [0, 0.05) is 10.6 Å². The fraction of sp³-hybridized carbons (Fsp3) is 0. The van der Waals surface area contributed by atoms with E-state index in [-0.39, 0.29) is 5.56 Å². The van der Waals surface area contributed by atoms with E-state index in [1.54, 1.807) is 18.2 Å². The van der Waals surface area contributed by atoms with Crippen molar-refractivity contribution in [3.63, 3.8) is 0 Å². The first-order valence-electron chi connectivity index (χ1n) is 4.26. The first-order valence-corrected chi connectivity index (χ1v) is 6.03. The summed E-state index contributed by atoms with van der Waals surface area (Å²) in [7, 11) is -4.86. The molecule has 2 rings (SSSR count). The molecule has 0 amide bonds. The molecule has 0 aliphatic heterocycles. The summed E-state index contributed by atoms with van der Waals surface area (Å²) in [6, 6.07) is 7.79. The molecule has 0 atom stereocenters. The molecule has 0 aliphatic carbocycles. The lowest BCUT2D eigenvalue weighted by molar-refractivity contribution is 0.436. The molecule has 0 radical (unpaired) electrons. The van der Waals surface area contributed by atoms with Gasteiger partial charge < -0.3 is 4.42 Å². The van der Waals surface area contributed by atoms with Crippen LogP contribution in [0.1, 0.15) is 0 Å². The second-order valence-corrected chi connectivity index (χ2v) is 4.75. The summed E-state index contributed by atoms with van der Waals surface area (Å²) in [6.45, 7) is 0. The third kappa shape index (κ3) is 2.10. The Balaban J connectivity index is 2.62. The minimum absolute atomic E-state index is 0.157. The summed E-state index contributed by atoms with van der Waals surface area (Å²) in [5.41, 5.74) is 0.641. The van der Waals surface area contributed by atoms with Gasteiger partial charge in [-0.25, -0.2) is 0 Å². The Morgan fingerprint density at radius 3 is 2.62 bits per heavy atom. The van der Waals surface area contributed by atoms with Crippen molar-refractivity contribution in [1.82, 2.24) is 0 Å². The van der Waals surface area contributed by atoms with Crippen molar-refractivity contribution in [2.24, 2.45) is 0 Å². The number of hydrogen-bond acceptors (Lipinski definition) is 3. The van der Waals surface area contributed by atoms with Gasteiger partial charge in [0.2, 0.25) is 0 Å². The minimum atomic E-state index is -4.86. The minimum Gasteiger partial charge on any atom is -0.450 e. The van der Waals surface area contributed by atoms with Crippen LogP contribution in [0.25, 0.3) is 11.1 Å². The molecule has 1 aromatic carbocycles. The summed E-state index contributed by atoms with van der Waals surface area (Å²) in [5, 5.41) is -0.268. The Hall–Kier alpha value is -1.33. The smallest absolute Gasteiger partial charge is 0.366 e. The summed E-state index contributed by atoms with van der Waals surface area (Å²) >= 11 is 5.75. The van der Waals surface area contributed by atoms with Crippen LogP contribution in [0.15, 0.2) is 46.1 Å². The molecule has 0 spiro atoms. The highest BCUT2D eigenvalue weighted by Gasteiger charge is 2.22. The quantitative estimate of drug-likeness (QED) is 0.779. The maximum absolute atomic E-state index is 12.8. The SMILES string of the molecule is O=S(=O)(F)c1occc1-c1cccc(Cl)c1. The second-order valence-electron chi connectivity index (χ2n) is 3.07. The van der Waals surface area contributed by atoms with Crippen molar-refractivity contribution >= 4 is 21.8 Å². The van der Waals surface area contributed by atoms with Gasteiger partial charge in [-0.15, -0.1) is 0 Å². The van der Waals surface area contributed by atoms with Crippen molar-refractivity contribution in [2.75, 3.05) is 0 Å². The van der Waals surface area contributed by atoms with E-state index >= 15 is 0 Å². The summed E-state index contributed by atoms with van der Waals surface area (Å²) in [4.78, 5) is 0. The zero-order valence-corrected chi connectivity index (χ0v) is 9.43. The lowest BCUT2D eigenvalue weighted by atomic mass is 10.1. The third-order valence-corrected chi connectivity index (χ3v) is 2.98. The van der Waals surface area contributed by atoms with Crippen LogP contribution in [-0.4, -0.2) is 8.42 Å². The molecule has 1 heterocycles.